The zero-order valence-electron chi connectivity index (χ0n) is 19.9. The fourth-order valence-electron chi connectivity index (χ4n) is 3.34. The van der Waals surface area contributed by atoms with Crippen molar-refractivity contribution in [2.24, 2.45) is 11.3 Å². The van der Waals surface area contributed by atoms with Crippen LogP contribution in [0.1, 0.15) is 61.3 Å². The number of nitrogens with zero attached hydrogens (tertiary/aromatic N) is 1. The maximum absolute atomic E-state index is 12.5. The van der Waals surface area contributed by atoms with Gasteiger partial charge in [-0.3, -0.25) is 19.7 Å². The van der Waals surface area contributed by atoms with Gasteiger partial charge in [-0.05, 0) is 32.1 Å². The molecule has 0 saturated carbocycles. The molecule has 0 aromatic heterocycles. The van der Waals surface area contributed by atoms with Crippen molar-refractivity contribution in [2.45, 2.75) is 85.1 Å². The van der Waals surface area contributed by atoms with E-state index in [1.165, 1.54) is 0 Å². The van der Waals surface area contributed by atoms with E-state index in [2.05, 4.69) is 21.3 Å². The second-order valence-electron chi connectivity index (χ2n) is 9.27. The van der Waals surface area contributed by atoms with Crippen molar-refractivity contribution in [3.8, 4) is 6.07 Å². The number of rotatable bonds is 8. The highest BCUT2D eigenvalue weighted by Gasteiger charge is 2.39. The highest BCUT2D eigenvalue weighted by atomic mass is 19.4. The molecule has 0 aliphatic carbocycles. The van der Waals surface area contributed by atoms with Crippen LogP contribution in [0.2, 0.25) is 0 Å². The van der Waals surface area contributed by atoms with Crippen molar-refractivity contribution in [1.29, 1.82) is 5.26 Å². The van der Waals surface area contributed by atoms with Crippen LogP contribution in [-0.2, 0) is 14.4 Å². The van der Waals surface area contributed by atoms with Crippen molar-refractivity contribution >= 4 is 17.7 Å². The minimum atomic E-state index is -4.48. The monoisotopic (exact) mass is 463 g/mol. The molecule has 0 aromatic carbocycles. The number of halogens is 3. The number of hydrogen-bond donors (Lipinski definition) is 4. The predicted octanol–water partition coefficient (Wildman–Crippen LogP) is 2.01. The number of carbonyl (C=O) groups excluding carboxylic acids is 3. The van der Waals surface area contributed by atoms with Crippen molar-refractivity contribution in [1.82, 2.24) is 21.3 Å². The van der Waals surface area contributed by atoms with Gasteiger partial charge >= 0.3 is 6.18 Å². The van der Waals surface area contributed by atoms with Crippen molar-refractivity contribution in [2.75, 3.05) is 13.1 Å². The van der Waals surface area contributed by atoms with Gasteiger partial charge < -0.3 is 16.0 Å². The van der Waals surface area contributed by atoms with Crippen LogP contribution >= 0.6 is 0 Å². The molecule has 0 bridgehead atoms. The van der Waals surface area contributed by atoms with Gasteiger partial charge in [-0.15, -0.1) is 0 Å². The molecule has 1 rings (SSSR count). The summed E-state index contributed by atoms with van der Waals surface area (Å²) in [4.78, 5) is 36.4. The lowest BCUT2D eigenvalue weighted by Gasteiger charge is -2.30. The summed E-state index contributed by atoms with van der Waals surface area (Å²) in [5.41, 5.74) is -1.21. The lowest BCUT2D eigenvalue weighted by molar-refractivity contribution is -0.136. The van der Waals surface area contributed by atoms with E-state index in [1.807, 2.05) is 33.8 Å². The van der Waals surface area contributed by atoms with Crippen LogP contribution in [-0.4, -0.2) is 54.6 Å². The molecule has 0 radical (unpaired) electrons. The first-order chi connectivity index (χ1) is 14.5. The maximum Gasteiger partial charge on any atom is 0.401 e. The summed E-state index contributed by atoms with van der Waals surface area (Å²) in [6.07, 6.45) is -3.83. The summed E-state index contributed by atoms with van der Waals surface area (Å²) >= 11 is 0. The van der Waals surface area contributed by atoms with Gasteiger partial charge in [0.05, 0.1) is 25.2 Å². The maximum atomic E-state index is 12.5. The molecular formula is C21H36F3N5O3. The number of amides is 3. The molecule has 11 heteroatoms. The molecule has 184 valence electrons. The molecule has 1 aliphatic heterocycles. The summed E-state index contributed by atoms with van der Waals surface area (Å²) in [6, 6.07) is -0.190. The Hall–Kier alpha value is -2.35. The number of nitriles is 1. The highest BCUT2D eigenvalue weighted by Crippen LogP contribution is 2.27. The Morgan fingerprint density at radius 3 is 2.22 bits per heavy atom. The molecule has 8 nitrogen and oxygen atoms in total. The smallest absolute Gasteiger partial charge is 0.351 e. The summed E-state index contributed by atoms with van der Waals surface area (Å²) in [6.45, 7) is 10.7. The van der Waals surface area contributed by atoms with Gasteiger partial charge in [0.1, 0.15) is 6.04 Å². The highest BCUT2D eigenvalue weighted by molar-refractivity contribution is 5.88. The number of alkyl halides is 3. The molecule has 0 aromatic rings. The van der Waals surface area contributed by atoms with Gasteiger partial charge in [0.25, 0.3) is 0 Å². The zero-order chi connectivity index (χ0) is 25.3. The molecule has 32 heavy (non-hydrogen) atoms. The van der Waals surface area contributed by atoms with Gasteiger partial charge in [0, 0.05) is 11.5 Å². The largest absolute Gasteiger partial charge is 0.401 e. The van der Waals surface area contributed by atoms with Crippen molar-refractivity contribution < 1.29 is 27.6 Å². The van der Waals surface area contributed by atoms with Crippen molar-refractivity contribution in [3.05, 3.63) is 0 Å². The third kappa shape index (κ3) is 10.8. The Morgan fingerprint density at radius 1 is 1.25 bits per heavy atom. The first-order valence-corrected chi connectivity index (χ1v) is 10.6. The first-order valence-electron chi connectivity index (χ1n) is 10.6. The Morgan fingerprint density at radius 2 is 1.81 bits per heavy atom. The first kappa shape index (κ1) is 29.7. The molecule has 1 heterocycles. The lowest BCUT2D eigenvalue weighted by Crippen LogP contribution is -2.55. The van der Waals surface area contributed by atoms with Crippen LogP contribution < -0.4 is 21.3 Å². The van der Waals surface area contributed by atoms with Gasteiger partial charge in [0.2, 0.25) is 17.7 Å². The van der Waals surface area contributed by atoms with Gasteiger partial charge in [-0.25, -0.2) is 0 Å². The van der Waals surface area contributed by atoms with Crippen LogP contribution in [0, 0.1) is 22.7 Å². The van der Waals surface area contributed by atoms with Gasteiger partial charge in [0.15, 0.2) is 0 Å². The van der Waals surface area contributed by atoms with Crippen LogP contribution in [0.15, 0.2) is 0 Å². The van der Waals surface area contributed by atoms with E-state index in [1.54, 1.807) is 20.8 Å². The summed E-state index contributed by atoms with van der Waals surface area (Å²) in [5.74, 6) is -2.04. The number of carbonyl (C=O) groups is 3. The minimum absolute atomic E-state index is 0.128. The fourth-order valence-corrected chi connectivity index (χ4v) is 3.34. The minimum Gasteiger partial charge on any atom is -0.351 e. The Labute approximate surface area is 188 Å². The quantitative estimate of drug-likeness (QED) is 0.439. The van der Waals surface area contributed by atoms with E-state index in [4.69, 9.17) is 0 Å². The van der Waals surface area contributed by atoms with Crippen LogP contribution in [0.25, 0.3) is 0 Å². The van der Waals surface area contributed by atoms with E-state index in [9.17, 15) is 32.8 Å². The number of nitrogens with one attached hydrogen (secondary N) is 4. The van der Waals surface area contributed by atoms with Crippen molar-refractivity contribution in [3.63, 3.8) is 0 Å². The van der Waals surface area contributed by atoms with Crippen LogP contribution in [0.5, 0.6) is 0 Å². The summed E-state index contributed by atoms with van der Waals surface area (Å²) in [7, 11) is 0. The molecule has 1 saturated heterocycles. The average molecular weight is 464 g/mol. The predicted molar refractivity (Wildman–Crippen MR) is 114 cm³/mol. The zero-order valence-corrected chi connectivity index (χ0v) is 19.9. The Bertz CT molecular complexity index is 696. The summed E-state index contributed by atoms with van der Waals surface area (Å²) < 4.78 is 37.5. The third-order valence-electron chi connectivity index (χ3n) is 4.66. The fraction of sp³-hybridized carbons (Fsp3) is 0.810. The van der Waals surface area contributed by atoms with Crippen LogP contribution in [0.4, 0.5) is 13.2 Å². The lowest BCUT2D eigenvalue weighted by atomic mass is 9.86. The molecule has 1 fully saturated rings. The molecule has 3 atom stereocenters. The SMILES string of the molecule is CC.CC1(C)CC(CC(C#N)NC(=O)CNC(=O)C(NCC(F)(F)F)C(C)(C)C)C(=O)N1. The summed E-state index contributed by atoms with van der Waals surface area (Å²) in [5, 5.41) is 19.0. The van der Waals surface area contributed by atoms with Gasteiger partial charge in [-0.1, -0.05) is 34.6 Å². The van der Waals surface area contributed by atoms with Crippen LogP contribution in [0.3, 0.4) is 0 Å². The van der Waals surface area contributed by atoms with E-state index >= 15 is 0 Å². The third-order valence-corrected chi connectivity index (χ3v) is 4.66. The molecular weight excluding hydrogens is 427 g/mol. The molecule has 0 spiro atoms. The van der Waals surface area contributed by atoms with E-state index < -0.39 is 54.5 Å². The standard InChI is InChI=1S/C19H30F3N5O3.C2H6/c1-17(2,3)14(25-10-19(20,21)22)16(30)24-9-13(28)26-12(8-23)6-11-7-18(4,5)27-15(11)29;1-2/h11-12,14,25H,6-7,9-10H2,1-5H3,(H,24,30)(H,26,28)(H,27,29);1-2H3. The van der Waals surface area contributed by atoms with E-state index in [-0.39, 0.29) is 17.9 Å². The molecule has 3 unspecified atom stereocenters. The number of hydrogen-bond acceptors (Lipinski definition) is 5. The van der Waals surface area contributed by atoms with E-state index in [0.29, 0.717) is 6.42 Å². The average Bonchev–Trinajstić information content (AvgIpc) is 2.90. The molecule has 3 amide bonds. The topological polar surface area (TPSA) is 123 Å². The second kappa shape index (κ2) is 12.0. The molecule has 4 N–H and O–H groups in total. The second-order valence-corrected chi connectivity index (χ2v) is 9.27. The van der Waals surface area contributed by atoms with Gasteiger partial charge in [-0.2, -0.15) is 18.4 Å². The Balaban J connectivity index is 0.00000466. The molecule has 1 aliphatic rings. The normalized spacial score (nSPS) is 19.5. The van der Waals surface area contributed by atoms with E-state index in [0.717, 1.165) is 0 Å². The Kier molecular flexibility index (Phi) is 11.2.